The van der Waals surface area contributed by atoms with Gasteiger partial charge in [-0.1, -0.05) is 18.9 Å². The number of nitro groups is 1. The maximum atomic E-state index is 11.9. The zero-order valence-electron chi connectivity index (χ0n) is 11.0. The molecule has 5 heteroatoms. The van der Waals surface area contributed by atoms with Crippen LogP contribution in [0.4, 0.5) is 11.4 Å². The summed E-state index contributed by atoms with van der Waals surface area (Å²) in [5.74, 6) is 0.425. The number of amides is 1. The average molecular weight is 262 g/mol. The van der Waals surface area contributed by atoms with Crippen LogP contribution < -0.4 is 5.32 Å². The van der Waals surface area contributed by atoms with Gasteiger partial charge in [-0.15, -0.1) is 0 Å². The molecule has 102 valence electrons. The van der Waals surface area contributed by atoms with Gasteiger partial charge < -0.3 is 5.32 Å². The first-order valence-corrected chi connectivity index (χ1v) is 6.61. The van der Waals surface area contributed by atoms with E-state index in [0.29, 0.717) is 18.0 Å². The number of carbonyl (C=O) groups is 1. The van der Waals surface area contributed by atoms with Crippen molar-refractivity contribution in [3.63, 3.8) is 0 Å². The molecule has 1 N–H and O–H groups in total. The molecule has 0 bridgehead atoms. The number of hydrogen-bond donors (Lipinski definition) is 1. The number of carbonyl (C=O) groups excluding carboxylic acids is 1. The smallest absolute Gasteiger partial charge is 0.271 e. The van der Waals surface area contributed by atoms with E-state index in [4.69, 9.17) is 0 Å². The second-order valence-corrected chi connectivity index (χ2v) is 5.16. The van der Waals surface area contributed by atoms with Gasteiger partial charge in [-0.3, -0.25) is 14.9 Å². The first-order valence-electron chi connectivity index (χ1n) is 6.61. The Balaban J connectivity index is 2.02. The molecule has 19 heavy (non-hydrogen) atoms. The quantitative estimate of drug-likeness (QED) is 0.667. The van der Waals surface area contributed by atoms with E-state index < -0.39 is 4.92 Å². The van der Waals surface area contributed by atoms with E-state index in [2.05, 4.69) is 5.32 Å². The molecule has 1 aliphatic rings. The summed E-state index contributed by atoms with van der Waals surface area (Å²) in [4.78, 5) is 22.2. The van der Waals surface area contributed by atoms with Crippen molar-refractivity contribution >= 4 is 17.3 Å². The number of rotatable bonds is 4. The fourth-order valence-electron chi connectivity index (χ4n) is 2.54. The number of non-ortho nitro benzene ring substituents is 1. The highest BCUT2D eigenvalue weighted by molar-refractivity contribution is 5.92. The normalized spacial score (nSPS) is 15.4. The Morgan fingerprint density at radius 2 is 2.11 bits per heavy atom. The number of nitro benzene ring substituents is 1. The van der Waals surface area contributed by atoms with Gasteiger partial charge in [0.15, 0.2) is 0 Å². The number of aryl methyl sites for hydroxylation is 1. The number of nitrogens with one attached hydrogen (secondary N) is 1. The van der Waals surface area contributed by atoms with Gasteiger partial charge in [-0.05, 0) is 31.2 Å². The van der Waals surface area contributed by atoms with Crippen LogP contribution >= 0.6 is 0 Å². The van der Waals surface area contributed by atoms with Crippen molar-refractivity contribution in [1.82, 2.24) is 0 Å². The van der Waals surface area contributed by atoms with Crippen LogP contribution in [0.25, 0.3) is 0 Å². The summed E-state index contributed by atoms with van der Waals surface area (Å²) < 4.78 is 0. The summed E-state index contributed by atoms with van der Waals surface area (Å²) in [5.41, 5.74) is 1.38. The summed E-state index contributed by atoms with van der Waals surface area (Å²) >= 11 is 0. The Labute approximate surface area is 112 Å². The molecule has 0 atom stereocenters. The lowest BCUT2D eigenvalue weighted by atomic mass is 10.0. The van der Waals surface area contributed by atoms with Crippen molar-refractivity contribution in [3.05, 3.63) is 33.9 Å². The maximum Gasteiger partial charge on any atom is 0.271 e. The molecule has 1 aliphatic carbocycles. The molecule has 1 saturated carbocycles. The van der Waals surface area contributed by atoms with E-state index in [1.54, 1.807) is 6.07 Å². The lowest BCUT2D eigenvalue weighted by molar-refractivity contribution is -0.384. The van der Waals surface area contributed by atoms with Crippen LogP contribution in [0.2, 0.25) is 0 Å². The maximum absolute atomic E-state index is 11.9. The van der Waals surface area contributed by atoms with Crippen LogP contribution in [0.3, 0.4) is 0 Å². The Kier molecular flexibility index (Phi) is 4.14. The lowest BCUT2D eigenvalue weighted by Gasteiger charge is -2.11. The van der Waals surface area contributed by atoms with E-state index >= 15 is 0 Å². The third-order valence-corrected chi connectivity index (χ3v) is 3.65. The van der Waals surface area contributed by atoms with Crippen LogP contribution in [0.15, 0.2) is 18.2 Å². The summed E-state index contributed by atoms with van der Waals surface area (Å²) in [6.07, 6.45) is 5.15. The first-order chi connectivity index (χ1) is 9.06. The van der Waals surface area contributed by atoms with Gasteiger partial charge in [-0.25, -0.2) is 0 Å². The SMILES string of the molecule is Cc1ccc([N+](=O)[O-])cc1NC(=O)CC1CCCC1. The lowest BCUT2D eigenvalue weighted by Crippen LogP contribution is -2.15. The molecule has 0 aromatic heterocycles. The standard InChI is InChI=1S/C14H18N2O3/c1-10-6-7-12(16(18)19)9-13(10)15-14(17)8-11-4-2-3-5-11/h6-7,9,11H,2-5,8H2,1H3,(H,15,17). The molecule has 5 nitrogen and oxygen atoms in total. The summed E-state index contributed by atoms with van der Waals surface area (Å²) in [7, 11) is 0. The van der Waals surface area contributed by atoms with E-state index in [-0.39, 0.29) is 11.6 Å². The van der Waals surface area contributed by atoms with Crippen LogP contribution in [0.1, 0.15) is 37.7 Å². The molecule has 0 spiro atoms. The number of benzene rings is 1. The topological polar surface area (TPSA) is 72.2 Å². The van der Waals surface area contributed by atoms with Crippen molar-refractivity contribution in [2.75, 3.05) is 5.32 Å². The minimum atomic E-state index is -0.452. The molecule has 2 rings (SSSR count). The second kappa shape index (κ2) is 5.82. The fourth-order valence-corrected chi connectivity index (χ4v) is 2.54. The monoisotopic (exact) mass is 262 g/mol. The van der Waals surface area contributed by atoms with Crippen molar-refractivity contribution in [1.29, 1.82) is 0 Å². The van der Waals surface area contributed by atoms with Crippen LogP contribution in [0, 0.1) is 23.0 Å². The van der Waals surface area contributed by atoms with E-state index in [0.717, 1.165) is 18.4 Å². The molecule has 1 amide bonds. The van der Waals surface area contributed by atoms with Crippen molar-refractivity contribution < 1.29 is 9.72 Å². The molecule has 1 fully saturated rings. The number of anilines is 1. The van der Waals surface area contributed by atoms with E-state index in [9.17, 15) is 14.9 Å². The van der Waals surface area contributed by atoms with Gasteiger partial charge in [-0.2, -0.15) is 0 Å². The van der Waals surface area contributed by atoms with E-state index in [1.165, 1.54) is 25.0 Å². The Morgan fingerprint density at radius 3 is 2.74 bits per heavy atom. The largest absolute Gasteiger partial charge is 0.326 e. The molecule has 1 aromatic carbocycles. The third-order valence-electron chi connectivity index (χ3n) is 3.65. The second-order valence-electron chi connectivity index (χ2n) is 5.16. The Morgan fingerprint density at radius 1 is 1.42 bits per heavy atom. The third kappa shape index (κ3) is 3.53. The number of nitrogens with zero attached hydrogens (tertiary/aromatic N) is 1. The van der Waals surface area contributed by atoms with Gasteiger partial charge >= 0.3 is 0 Å². The Hall–Kier alpha value is -1.91. The molecule has 0 heterocycles. The van der Waals surface area contributed by atoms with Crippen LogP contribution in [0.5, 0.6) is 0 Å². The zero-order chi connectivity index (χ0) is 13.8. The first kappa shape index (κ1) is 13.5. The molecular formula is C14H18N2O3. The summed E-state index contributed by atoms with van der Waals surface area (Å²) in [5, 5.41) is 13.5. The van der Waals surface area contributed by atoms with Crippen molar-refractivity contribution in [3.8, 4) is 0 Å². The highest BCUT2D eigenvalue weighted by Gasteiger charge is 2.19. The molecule has 0 aliphatic heterocycles. The van der Waals surface area contributed by atoms with E-state index in [1.807, 2.05) is 6.92 Å². The molecule has 1 aromatic rings. The van der Waals surface area contributed by atoms with Gasteiger partial charge in [0.1, 0.15) is 0 Å². The molecular weight excluding hydrogens is 244 g/mol. The minimum Gasteiger partial charge on any atom is -0.326 e. The predicted molar refractivity (Wildman–Crippen MR) is 73.0 cm³/mol. The Bertz CT molecular complexity index is 493. The predicted octanol–water partition coefficient (Wildman–Crippen LogP) is 3.42. The molecule has 0 radical (unpaired) electrons. The summed E-state index contributed by atoms with van der Waals surface area (Å²) in [6, 6.07) is 4.52. The van der Waals surface area contributed by atoms with Crippen LogP contribution in [-0.4, -0.2) is 10.8 Å². The van der Waals surface area contributed by atoms with Crippen molar-refractivity contribution in [2.45, 2.75) is 39.0 Å². The zero-order valence-corrected chi connectivity index (χ0v) is 11.0. The van der Waals surface area contributed by atoms with Gasteiger partial charge in [0.2, 0.25) is 5.91 Å². The fraction of sp³-hybridized carbons (Fsp3) is 0.500. The summed E-state index contributed by atoms with van der Waals surface area (Å²) in [6.45, 7) is 1.83. The van der Waals surface area contributed by atoms with Crippen LogP contribution in [-0.2, 0) is 4.79 Å². The van der Waals surface area contributed by atoms with Gasteiger partial charge in [0.05, 0.1) is 10.6 Å². The highest BCUT2D eigenvalue weighted by Crippen LogP contribution is 2.28. The minimum absolute atomic E-state index is 0.00164. The van der Waals surface area contributed by atoms with Gasteiger partial charge in [0, 0.05) is 18.6 Å². The van der Waals surface area contributed by atoms with Crippen molar-refractivity contribution in [2.24, 2.45) is 5.92 Å². The molecule has 0 saturated heterocycles. The van der Waals surface area contributed by atoms with Gasteiger partial charge in [0.25, 0.3) is 5.69 Å². The average Bonchev–Trinajstić information content (AvgIpc) is 2.84. The molecule has 0 unspecified atom stereocenters. The highest BCUT2D eigenvalue weighted by atomic mass is 16.6. The number of hydrogen-bond acceptors (Lipinski definition) is 3.